The molecular weight excluding hydrogens is 649 g/mol. The third kappa shape index (κ3) is 10.3. The minimum absolute atomic E-state index is 0.131. The molecule has 0 bridgehead atoms. The lowest BCUT2D eigenvalue weighted by Gasteiger charge is -2.46. The molecule has 0 radical (unpaired) electrons. The molecule has 0 aromatic heterocycles. The van der Waals surface area contributed by atoms with Crippen LogP contribution in [0.1, 0.15) is 22.3 Å². The summed E-state index contributed by atoms with van der Waals surface area (Å²) in [6.07, 6.45) is -4.17. The zero-order chi connectivity index (χ0) is 32.2. The monoisotopic (exact) mass is 683 g/mol. The largest absolute Gasteiger partial charge is 0.445 e. The van der Waals surface area contributed by atoms with Crippen molar-refractivity contribution in [1.29, 1.82) is 5.41 Å². The highest BCUT2D eigenvalue weighted by Gasteiger charge is 2.51. The van der Waals surface area contributed by atoms with Crippen LogP contribution in [-0.4, -0.2) is 47.0 Å². The van der Waals surface area contributed by atoms with E-state index < -0.39 is 40.4 Å². The van der Waals surface area contributed by atoms with Crippen molar-refractivity contribution < 1.29 is 28.4 Å². The van der Waals surface area contributed by atoms with E-state index in [9.17, 15) is 0 Å². The summed E-state index contributed by atoms with van der Waals surface area (Å²) in [5.41, 5.74) is 3.87. The van der Waals surface area contributed by atoms with Crippen molar-refractivity contribution in [2.24, 2.45) is 0 Å². The van der Waals surface area contributed by atoms with E-state index in [0.29, 0.717) is 6.61 Å². The number of hydrogen-bond acceptors (Lipinski definition) is 7. The molecule has 5 atom stereocenters. The van der Waals surface area contributed by atoms with Gasteiger partial charge in [0, 0.05) is 0 Å². The summed E-state index contributed by atoms with van der Waals surface area (Å²) < 4.78 is 36.1. The Morgan fingerprint density at radius 2 is 0.957 bits per heavy atom. The lowest BCUT2D eigenvalue weighted by Crippen LogP contribution is -2.62. The summed E-state index contributed by atoms with van der Waals surface area (Å²) in [6.45, 7) is 1.24. The van der Waals surface area contributed by atoms with Crippen LogP contribution in [0.5, 0.6) is 0 Å². The van der Waals surface area contributed by atoms with Gasteiger partial charge in [0.25, 0.3) is 3.79 Å². The Bertz CT molecular complexity index is 1460. The highest BCUT2D eigenvalue weighted by Crippen LogP contribution is 2.34. The van der Waals surface area contributed by atoms with Crippen LogP contribution in [-0.2, 0) is 54.8 Å². The minimum Gasteiger partial charge on any atom is -0.445 e. The average Bonchev–Trinajstić information content (AvgIpc) is 3.07. The number of nitrogens with one attached hydrogen (secondary N) is 1. The lowest BCUT2D eigenvalue weighted by atomic mass is 9.97. The summed E-state index contributed by atoms with van der Waals surface area (Å²) in [6, 6.07) is 39.2. The second-order valence-corrected chi connectivity index (χ2v) is 13.1. The van der Waals surface area contributed by atoms with Crippen molar-refractivity contribution in [3.8, 4) is 0 Å². The van der Waals surface area contributed by atoms with Gasteiger partial charge in [0.1, 0.15) is 24.4 Å². The molecule has 242 valence electrons. The van der Waals surface area contributed by atoms with Crippen molar-refractivity contribution in [2.75, 3.05) is 6.61 Å². The van der Waals surface area contributed by atoms with Crippen LogP contribution < -0.4 is 0 Å². The molecule has 5 rings (SSSR count). The SMILES string of the molecule is N=C(OC1OC(COCc2ccccc2)[C@H](OCc2ccccc2)[C@H](OCc2ccccc2)[C@H]1OCc1ccccc1)C(Cl)(Cl)Cl. The van der Waals surface area contributed by atoms with E-state index in [-0.39, 0.29) is 26.4 Å². The molecule has 4 aromatic carbocycles. The zero-order valence-corrected chi connectivity index (χ0v) is 27.3. The maximum Gasteiger partial charge on any atom is 0.265 e. The Kier molecular flexibility index (Phi) is 12.9. The summed E-state index contributed by atoms with van der Waals surface area (Å²) >= 11 is 18.1. The predicted octanol–water partition coefficient (Wildman–Crippen LogP) is 8.05. The molecule has 7 nitrogen and oxygen atoms in total. The molecule has 1 N–H and O–H groups in total. The van der Waals surface area contributed by atoms with Crippen LogP contribution in [0.2, 0.25) is 0 Å². The first kappa shape index (κ1) is 34.4. The van der Waals surface area contributed by atoms with Crippen LogP contribution in [0.3, 0.4) is 0 Å². The Labute approximate surface area is 284 Å². The molecule has 0 spiro atoms. The fourth-order valence-electron chi connectivity index (χ4n) is 5.02. The molecular formula is C36H36Cl3NO6. The first-order valence-electron chi connectivity index (χ1n) is 14.9. The van der Waals surface area contributed by atoms with Gasteiger partial charge in [-0.15, -0.1) is 0 Å². The maximum atomic E-state index is 8.37. The van der Waals surface area contributed by atoms with Crippen LogP contribution in [0.4, 0.5) is 0 Å². The van der Waals surface area contributed by atoms with Gasteiger partial charge in [-0.1, -0.05) is 156 Å². The number of alkyl halides is 3. The predicted molar refractivity (Wildman–Crippen MR) is 179 cm³/mol. The second kappa shape index (κ2) is 17.3. The van der Waals surface area contributed by atoms with Crippen molar-refractivity contribution in [1.82, 2.24) is 0 Å². The average molecular weight is 685 g/mol. The van der Waals surface area contributed by atoms with Gasteiger partial charge in [-0.05, 0) is 22.3 Å². The van der Waals surface area contributed by atoms with E-state index in [1.165, 1.54) is 0 Å². The van der Waals surface area contributed by atoms with Gasteiger partial charge < -0.3 is 28.4 Å². The molecule has 0 saturated carbocycles. The quantitative estimate of drug-likeness (QED) is 0.0823. The molecule has 1 fully saturated rings. The van der Waals surface area contributed by atoms with Crippen molar-refractivity contribution >= 4 is 40.7 Å². The summed E-state index contributed by atoms with van der Waals surface area (Å²) in [5.74, 6) is -0.606. The van der Waals surface area contributed by atoms with Gasteiger partial charge >= 0.3 is 0 Å². The maximum absolute atomic E-state index is 8.37. The number of benzene rings is 4. The second-order valence-electron chi connectivity index (χ2n) is 10.8. The van der Waals surface area contributed by atoms with Crippen LogP contribution in [0, 0.1) is 5.41 Å². The summed E-state index contributed by atoms with van der Waals surface area (Å²) in [7, 11) is 0. The van der Waals surface area contributed by atoms with E-state index >= 15 is 0 Å². The van der Waals surface area contributed by atoms with Crippen LogP contribution in [0.15, 0.2) is 121 Å². The molecule has 1 heterocycles. The smallest absolute Gasteiger partial charge is 0.265 e. The van der Waals surface area contributed by atoms with Gasteiger partial charge in [0.05, 0.1) is 33.0 Å². The molecule has 4 aromatic rings. The Hall–Kier alpha value is -2.98. The Morgan fingerprint density at radius 1 is 0.565 bits per heavy atom. The van der Waals surface area contributed by atoms with E-state index in [1.54, 1.807) is 0 Å². The van der Waals surface area contributed by atoms with Crippen molar-refractivity contribution in [2.45, 2.75) is 60.9 Å². The lowest BCUT2D eigenvalue weighted by molar-refractivity contribution is -0.313. The fourth-order valence-corrected chi connectivity index (χ4v) is 5.16. The minimum atomic E-state index is -2.12. The third-order valence-electron chi connectivity index (χ3n) is 7.33. The fraction of sp³-hybridized carbons (Fsp3) is 0.306. The van der Waals surface area contributed by atoms with E-state index in [4.69, 9.17) is 68.6 Å². The topological polar surface area (TPSA) is 79.2 Å². The number of rotatable bonds is 14. The van der Waals surface area contributed by atoms with Crippen LogP contribution >= 0.6 is 34.8 Å². The molecule has 0 amide bonds. The van der Waals surface area contributed by atoms with Crippen LogP contribution in [0.25, 0.3) is 0 Å². The normalized spacial score (nSPS) is 21.5. The first-order valence-corrected chi connectivity index (χ1v) is 16.1. The first-order chi connectivity index (χ1) is 22.4. The van der Waals surface area contributed by atoms with E-state index in [0.717, 1.165) is 22.3 Å². The van der Waals surface area contributed by atoms with Crippen molar-refractivity contribution in [3.05, 3.63) is 144 Å². The zero-order valence-electron chi connectivity index (χ0n) is 25.1. The van der Waals surface area contributed by atoms with Gasteiger partial charge in [-0.25, -0.2) is 0 Å². The molecule has 10 heteroatoms. The molecule has 2 unspecified atom stereocenters. The molecule has 1 aliphatic rings. The highest BCUT2D eigenvalue weighted by atomic mass is 35.6. The van der Waals surface area contributed by atoms with Gasteiger partial charge in [0.2, 0.25) is 12.2 Å². The molecule has 1 aliphatic heterocycles. The molecule has 0 aliphatic carbocycles. The van der Waals surface area contributed by atoms with Crippen molar-refractivity contribution in [3.63, 3.8) is 0 Å². The van der Waals surface area contributed by atoms with E-state index in [2.05, 4.69) is 0 Å². The number of hydrogen-bond donors (Lipinski definition) is 1. The summed E-state index contributed by atoms with van der Waals surface area (Å²) in [5, 5.41) is 8.37. The number of ether oxygens (including phenoxy) is 6. The van der Waals surface area contributed by atoms with Gasteiger partial charge in [-0.2, -0.15) is 0 Å². The third-order valence-corrected chi connectivity index (χ3v) is 7.85. The number of halogens is 3. The van der Waals surface area contributed by atoms with Gasteiger partial charge in [0.15, 0.2) is 0 Å². The standard InChI is InChI=1S/C36H36Cl3NO6/c37-36(38,39)35(40)46-34-33(44-24-29-19-11-4-12-20-29)32(43-23-28-17-9-3-10-18-28)31(42-22-27-15-7-2-8-16-27)30(45-34)25-41-21-26-13-5-1-6-14-26/h1-20,30-34,40H,21-25H2/t30?,31-,32-,33+,34?/m0/s1. The van der Waals surface area contributed by atoms with Gasteiger partial charge in [-0.3, -0.25) is 5.41 Å². The Balaban J connectivity index is 1.46. The Morgan fingerprint density at radius 3 is 1.39 bits per heavy atom. The molecule has 46 heavy (non-hydrogen) atoms. The van der Waals surface area contributed by atoms with E-state index in [1.807, 2.05) is 121 Å². The molecule has 1 saturated heterocycles. The summed E-state index contributed by atoms with van der Waals surface area (Å²) in [4.78, 5) is 0. The highest BCUT2D eigenvalue weighted by molar-refractivity contribution is 6.76.